The van der Waals surface area contributed by atoms with Crippen molar-refractivity contribution in [2.75, 3.05) is 11.5 Å². The lowest BCUT2D eigenvalue weighted by atomic mass is 9.97. The number of aliphatic hydroxyl groups excluding tert-OH is 1. The van der Waals surface area contributed by atoms with Crippen LogP contribution in [0.3, 0.4) is 0 Å². The van der Waals surface area contributed by atoms with Crippen LogP contribution in [0.25, 0.3) is 28.8 Å². The van der Waals surface area contributed by atoms with Crippen molar-refractivity contribution >= 4 is 62.2 Å². The number of hydrogen-bond donors (Lipinski definition) is 1. The van der Waals surface area contributed by atoms with Gasteiger partial charge in [0.1, 0.15) is 0 Å². The standard InChI is InChI=1S/C26H22BrN3O3/c1-28-13-20(18-11-16(27)6-7-21(18)28)19-12-24(32)30(26(19)33)25-17-4-2-3-5-22(17)29-9-8-15(14-31)10-23(25)29/h2-5,8-9,11-13,15,31H,6-7,10,14H2,1H3. The maximum atomic E-state index is 13.8. The molecule has 1 aromatic carbocycles. The molecular weight excluding hydrogens is 482 g/mol. The monoisotopic (exact) mass is 503 g/mol. The van der Waals surface area contributed by atoms with Gasteiger partial charge in [-0.1, -0.05) is 40.2 Å². The molecular formula is C26H22BrN3O3. The van der Waals surface area contributed by atoms with Gasteiger partial charge in [0.2, 0.25) is 0 Å². The molecule has 2 amide bonds. The molecule has 4 heterocycles. The number of fused-ring (bicyclic) bond motifs is 4. The Balaban J connectivity index is 1.50. The largest absolute Gasteiger partial charge is 0.396 e. The smallest absolute Gasteiger partial charge is 0.266 e. The van der Waals surface area contributed by atoms with Gasteiger partial charge >= 0.3 is 0 Å². The Morgan fingerprint density at radius 3 is 2.76 bits per heavy atom. The number of nitrogens with zero attached hydrogens (tertiary/aromatic N) is 3. The number of amides is 2. The quantitative estimate of drug-likeness (QED) is 0.543. The van der Waals surface area contributed by atoms with E-state index in [0.29, 0.717) is 17.7 Å². The van der Waals surface area contributed by atoms with Gasteiger partial charge in [0.05, 0.1) is 16.8 Å². The molecule has 33 heavy (non-hydrogen) atoms. The van der Waals surface area contributed by atoms with Crippen molar-refractivity contribution in [3.8, 4) is 0 Å². The highest BCUT2D eigenvalue weighted by Gasteiger charge is 2.39. The maximum absolute atomic E-state index is 13.8. The summed E-state index contributed by atoms with van der Waals surface area (Å²) in [6, 6.07) is 7.80. The summed E-state index contributed by atoms with van der Waals surface area (Å²) < 4.78 is 5.17. The average molecular weight is 504 g/mol. The number of rotatable bonds is 3. The number of aryl methyl sites for hydroxylation is 1. The topological polar surface area (TPSA) is 67.5 Å². The number of carbonyl (C=O) groups excluding carboxylic acids is 2. The summed E-state index contributed by atoms with van der Waals surface area (Å²) in [6.45, 7) is 0.0141. The van der Waals surface area contributed by atoms with Crippen molar-refractivity contribution in [2.45, 2.75) is 19.3 Å². The van der Waals surface area contributed by atoms with E-state index in [1.54, 1.807) is 0 Å². The minimum atomic E-state index is -0.333. The van der Waals surface area contributed by atoms with Crippen molar-refractivity contribution in [3.05, 3.63) is 69.6 Å². The molecule has 0 spiro atoms. The molecule has 0 radical (unpaired) electrons. The van der Waals surface area contributed by atoms with E-state index in [0.717, 1.165) is 50.7 Å². The Morgan fingerprint density at radius 1 is 1.12 bits per heavy atom. The highest BCUT2D eigenvalue weighted by Crippen LogP contribution is 2.42. The fourth-order valence-electron chi connectivity index (χ4n) is 5.28. The van der Waals surface area contributed by atoms with E-state index in [9.17, 15) is 14.7 Å². The third kappa shape index (κ3) is 2.96. The Kier molecular flexibility index (Phi) is 4.61. The molecule has 6 nitrogen and oxygen atoms in total. The molecule has 2 aliphatic heterocycles. The molecule has 1 aliphatic carbocycles. The van der Waals surface area contributed by atoms with Crippen LogP contribution in [0.4, 0.5) is 5.69 Å². The molecule has 1 atom stereocenters. The van der Waals surface area contributed by atoms with Gasteiger partial charge in [-0.2, -0.15) is 0 Å². The van der Waals surface area contributed by atoms with Crippen LogP contribution in [-0.2, 0) is 29.5 Å². The number of imide groups is 1. The third-order valence-electron chi connectivity index (χ3n) is 6.87. The van der Waals surface area contributed by atoms with Crippen LogP contribution in [0, 0.1) is 5.92 Å². The van der Waals surface area contributed by atoms with Crippen molar-refractivity contribution in [1.82, 2.24) is 9.13 Å². The minimum Gasteiger partial charge on any atom is -0.396 e. The Labute approximate surface area is 199 Å². The molecule has 0 saturated heterocycles. The van der Waals surface area contributed by atoms with Crippen LogP contribution in [-0.4, -0.2) is 32.7 Å². The second-order valence-corrected chi connectivity index (χ2v) is 9.83. The molecule has 0 fully saturated rings. The second-order valence-electron chi connectivity index (χ2n) is 8.81. The summed E-state index contributed by atoms with van der Waals surface area (Å²) in [5, 5.41) is 10.6. The number of allylic oxidation sites excluding steroid dienone is 1. The summed E-state index contributed by atoms with van der Waals surface area (Å²) in [5.74, 6) is -0.692. The summed E-state index contributed by atoms with van der Waals surface area (Å²) in [7, 11) is 1.98. The Morgan fingerprint density at radius 2 is 1.94 bits per heavy atom. The van der Waals surface area contributed by atoms with Crippen LogP contribution >= 0.6 is 15.9 Å². The average Bonchev–Trinajstić information content (AvgIpc) is 3.42. The molecule has 6 rings (SSSR count). The van der Waals surface area contributed by atoms with E-state index in [-0.39, 0.29) is 24.3 Å². The zero-order valence-electron chi connectivity index (χ0n) is 18.1. The minimum absolute atomic E-state index is 0.0141. The van der Waals surface area contributed by atoms with Crippen molar-refractivity contribution in [2.24, 2.45) is 13.0 Å². The Hall–Kier alpha value is -3.16. The Bertz CT molecular complexity index is 1450. The van der Waals surface area contributed by atoms with Crippen molar-refractivity contribution in [3.63, 3.8) is 0 Å². The van der Waals surface area contributed by atoms with Gasteiger partial charge in [-0.05, 0) is 35.9 Å². The predicted molar refractivity (Wildman–Crippen MR) is 133 cm³/mol. The maximum Gasteiger partial charge on any atom is 0.266 e. The molecule has 3 aromatic rings. The predicted octanol–water partition coefficient (Wildman–Crippen LogP) is 4.25. The fraction of sp³-hybridized carbons (Fsp3) is 0.231. The van der Waals surface area contributed by atoms with Gasteiger partial charge in [-0.3, -0.25) is 9.59 Å². The van der Waals surface area contributed by atoms with Gasteiger partial charge in [-0.25, -0.2) is 4.90 Å². The number of aromatic nitrogens is 2. The summed E-state index contributed by atoms with van der Waals surface area (Å²) in [5.41, 5.74) is 5.79. The number of halogens is 1. The van der Waals surface area contributed by atoms with Crippen molar-refractivity contribution < 1.29 is 14.7 Å². The van der Waals surface area contributed by atoms with Crippen LogP contribution < -0.4 is 4.90 Å². The van der Waals surface area contributed by atoms with E-state index in [1.165, 1.54) is 11.0 Å². The van der Waals surface area contributed by atoms with E-state index < -0.39 is 0 Å². The number of anilines is 1. The lowest BCUT2D eigenvalue weighted by Crippen LogP contribution is -2.32. The number of carbonyl (C=O) groups is 2. The number of para-hydroxylation sites is 1. The molecule has 1 unspecified atom stereocenters. The molecule has 0 bridgehead atoms. The van der Waals surface area contributed by atoms with Crippen LogP contribution in [0.5, 0.6) is 0 Å². The molecule has 166 valence electrons. The highest BCUT2D eigenvalue weighted by molar-refractivity contribution is 9.11. The second kappa shape index (κ2) is 7.43. The first-order chi connectivity index (χ1) is 16.0. The van der Waals surface area contributed by atoms with Gasteiger partial charge in [0, 0.05) is 65.9 Å². The summed E-state index contributed by atoms with van der Waals surface area (Å²) in [6.07, 6.45) is 11.7. The first kappa shape index (κ1) is 20.4. The lowest BCUT2D eigenvalue weighted by molar-refractivity contribution is -0.119. The fourth-order valence-corrected chi connectivity index (χ4v) is 5.71. The summed E-state index contributed by atoms with van der Waals surface area (Å²) >= 11 is 3.60. The first-order valence-corrected chi connectivity index (χ1v) is 11.8. The molecule has 0 saturated carbocycles. The number of hydrogen-bond acceptors (Lipinski definition) is 3. The molecule has 3 aliphatic rings. The van der Waals surface area contributed by atoms with Crippen LogP contribution in [0.15, 0.2) is 47.1 Å². The molecule has 2 aromatic heterocycles. The number of aliphatic hydroxyl groups is 1. The van der Waals surface area contributed by atoms with Gasteiger partial charge in [0.25, 0.3) is 11.8 Å². The molecule has 7 heteroatoms. The zero-order chi connectivity index (χ0) is 22.9. The van der Waals surface area contributed by atoms with Gasteiger partial charge < -0.3 is 14.2 Å². The third-order valence-corrected chi connectivity index (χ3v) is 7.49. The van der Waals surface area contributed by atoms with E-state index in [4.69, 9.17) is 0 Å². The lowest BCUT2D eigenvalue weighted by Gasteiger charge is -2.22. The van der Waals surface area contributed by atoms with Crippen molar-refractivity contribution in [1.29, 1.82) is 0 Å². The van der Waals surface area contributed by atoms with E-state index in [2.05, 4.69) is 22.0 Å². The summed E-state index contributed by atoms with van der Waals surface area (Å²) in [4.78, 5) is 28.4. The highest BCUT2D eigenvalue weighted by atomic mass is 79.9. The first-order valence-electron chi connectivity index (χ1n) is 11.0. The van der Waals surface area contributed by atoms with E-state index in [1.807, 2.05) is 58.9 Å². The zero-order valence-corrected chi connectivity index (χ0v) is 19.7. The normalized spacial score (nSPS) is 19.7. The van der Waals surface area contributed by atoms with Gasteiger partial charge in [0.15, 0.2) is 0 Å². The van der Waals surface area contributed by atoms with Crippen LogP contribution in [0.2, 0.25) is 0 Å². The number of benzene rings is 1. The molecule has 1 N–H and O–H groups in total. The SMILES string of the molecule is Cn1cc(C2=CC(=O)N(c3c4n(c5ccccc35)C=CC(CO)C4)C2=O)c2c1CCC(Br)=C2. The van der Waals surface area contributed by atoms with Crippen LogP contribution in [0.1, 0.15) is 28.9 Å². The van der Waals surface area contributed by atoms with Gasteiger partial charge in [-0.15, -0.1) is 0 Å². The van der Waals surface area contributed by atoms with E-state index >= 15 is 0 Å².